The number of aromatic amines is 1. The van der Waals surface area contributed by atoms with Crippen molar-refractivity contribution in [3.8, 4) is 5.88 Å². The summed E-state index contributed by atoms with van der Waals surface area (Å²) in [5, 5.41) is 10.0. The molecular formula is C11H17N3O3. The Bertz CT molecular complexity index is 532. The van der Waals surface area contributed by atoms with E-state index in [1.807, 2.05) is 7.05 Å². The smallest absolute Gasteiger partial charge is 0.331 e. The van der Waals surface area contributed by atoms with Crippen LogP contribution in [0.4, 0.5) is 0 Å². The van der Waals surface area contributed by atoms with E-state index in [-0.39, 0.29) is 17.5 Å². The van der Waals surface area contributed by atoms with Gasteiger partial charge >= 0.3 is 5.69 Å². The molecule has 0 bridgehead atoms. The van der Waals surface area contributed by atoms with Crippen LogP contribution in [0.3, 0.4) is 0 Å². The fourth-order valence-electron chi connectivity index (χ4n) is 2.36. The van der Waals surface area contributed by atoms with Crippen LogP contribution in [0.5, 0.6) is 5.88 Å². The van der Waals surface area contributed by atoms with E-state index >= 15 is 0 Å². The second kappa shape index (κ2) is 4.37. The molecule has 1 saturated heterocycles. The van der Waals surface area contributed by atoms with Crippen molar-refractivity contribution in [1.29, 1.82) is 0 Å². The number of hydrogen-bond acceptors (Lipinski definition) is 4. The number of nitrogens with zero attached hydrogens (tertiary/aromatic N) is 2. The lowest BCUT2D eigenvalue weighted by Crippen LogP contribution is -2.35. The molecule has 6 heteroatoms. The van der Waals surface area contributed by atoms with Crippen LogP contribution in [0.15, 0.2) is 9.59 Å². The van der Waals surface area contributed by atoms with Gasteiger partial charge < -0.3 is 10.0 Å². The summed E-state index contributed by atoms with van der Waals surface area (Å²) in [4.78, 5) is 27.6. The van der Waals surface area contributed by atoms with Crippen LogP contribution < -0.4 is 11.2 Å². The van der Waals surface area contributed by atoms with E-state index in [0.29, 0.717) is 13.0 Å². The summed E-state index contributed by atoms with van der Waals surface area (Å²) < 4.78 is 1.31. The van der Waals surface area contributed by atoms with Crippen LogP contribution in [0, 0.1) is 0 Å². The maximum Gasteiger partial charge on any atom is 0.331 e. The topological polar surface area (TPSA) is 78.3 Å². The number of rotatable bonds is 2. The molecule has 2 rings (SSSR count). The third-order valence-corrected chi connectivity index (χ3v) is 3.30. The Hall–Kier alpha value is -1.56. The van der Waals surface area contributed by atoms with Crippen molar-refractivity contribution in [3.05, 3.63) is 26.4 Å². The summed E-state index contributed by atoms with van der Waals surface area (Å²) in [5.74, 6) is -0.179. The average Bonchev–Trinajstić information content (AvgIpc) is 2.64. The number of nitrogens with one attached hydrogen (secondary N) is 1. The van der Waals surface area contributed by atoms with E-state index in [0.717, 1.165) is 13.0 Å². The highest BCUT2D eigenvalue weighted by Gasteiger charge is 2.25. The zero-order valence-electron chi connectivity index (χ0n) is 10.1. The van der Waals surface area contributed by atoms with Gasteiger partial charge in [-0.2, -0.15) is 0 Å². The van der Waals surface area contributed by atoms with E-state index in [2.05, 4.69) is 9.88 Å². The lowest BCUT2D eigenvalue weighted by Gasteiger charge is -2.16. The predicted molar refractivity (Wildman–Crippen MR) is 63.5 cm³/mol. The van der Waals surface area contributed by atoms with Gasteiger partial charge in [-0.25, -0.2) is 4.79 Å². The molecule has 6 nitrogen and oxygen atoms in total. The van der Waals surface area contributed by atoms with Gasteiger partial charge in [-0.3, -0.25) is 14.3 Å². The molecule has 2 N–H and O–H groups in total. The Morgan fingerprint density at radius 3 is 2.71 bits per heavy atom. The summed E-state index contributed by atoms with van der Waals surface area (Å²) in [6.07, 6.45) is 1.21. The van der Waals surface area contributed by atoms with E-state index < -0.39 is 11.2 Å². The molecule has 0 aromatic carbocycles. The SMILES string of the molecule is CCc1c(O)n(C2CCN(C)C2)c(=O)[nH]c1=O. The fourth-order valence-corrected chi connectivity index (χ4v) is 2.36. The molecule has 2 heterocycles. The van der Waals surface area contributed by atoms with Crippen LogP contribution >= 0.6 is 0 Å². The number of aromatic nitrogens is 2. The zero-order chi connectivity index (χ0) is 12.6. The molecule has 1 atom stereocenters. The normalized spacial score (nSPS) is 20.9. The van der Waals surface area contributed by atoms with Crippen LogP contribution in [0.25, 0.3) is 0 Å². The molecule has 1 aliphatic heterocycles. The van der Waals surface area contributed by atoms with Gasteiger partial charge in [0.2, 0.25) is 5.88 Å². The molecule has 0 aliphatic carbocycles. The largest absolute Gasteiger partial charge is 0.494 e. The zero-order valence-corrected chi connectivity index (χ0v) is 10.1. The minimum atomic E-state index is -0.523. The first kappa shape index (κ1) is 11.9. The molecule has 1 aromatic heterocycles. The maximum atomic E-state index is 11.8. The van der Waals surface area contributed by atoms with Gasteiger partial charge in [-0.15, -0.1) is 0 Å². The first-order chi connectivity index (χ1) is 8.04. The third kappa shape index (κ3) is 2.00. The van der Waals surface area contributed by atoms with E-state index in [4.69, 9.17) is 0 Å². The van der Waals surface area contributed by atoms with Gasteiger partial charge in [-0.1, -0.05) is 6.92 Å². The molecule has 0 amide bonds. The highest BCUT2D eigenvalue weighted by molar-refractivity contribution is 5.23. The summed E-state index contributed by atoms with van der Waals surface area (Å²) in [5.41, 5.74) is -0.734. The van der Waals surface area contributed by atoms with Crippen LogP contribution in [0.2, 0.25) is 0 Å². The highest BCUT2D eigenvalue weighted by Crippen LogP contribution is 2.23. The van der Waals surface area contributed by atoms with E-state index in [1.54, 1.807) is 6.92 Å². The van der Waals surface area contributed by atoms with Gasteiger partial charge in [0.25, 0.3) is 5.56 Å². The van der Waals surface area contributed by atoms with Crippen molar-refractivity contribution in [1.82, 2.24) is 14.5 Å². The number of hydrogen-bond donors (Lipinski definition) is 2. The lowest BCUT2D eigenvalue weighted by molar-refractivity contribution is 0.342. The van der Waals surface area contributed by atoms with Gasteiger partial charge in [0.05, 0.1) is 11.6 Å². The molecule has 1 fully saturated rings. The minimum Gasteiger partial charge on any atom is -0.494 e. The summed E-state index contributed by atoms with van der Waals surface area (Å²) in [7, 11) is 1.97. The van der Waals surface area contributed by atoms with Gasteiger partial charge in [0.15, 0.2) is 0 Å². The monoisotopic (exact) mass is 239 g/mol. The van der Waals surface area contributed by atoms with Crippen LogP contribution in [-0.4, -0.2) is 39.7 Å². The van der Waals surface area contributed by atoms with Crippen molar-refractivity contribution in [3.63, 3.8) is 0 Å². The van der Waals surface area contributed by atoms with Crippen LogP contribution in [-0.2, 0) is 6.42 Å². The second-order valence-electron chi connectivity index (χ2n) is 4.49. The Labute approximate surface area is 98.5 Å². The summed E-state index contributed by atoms with van der Waals surface area (Å²) in [6.45, 7) is 3.37. The molecule has 1 aliphatic rings. The van der Waals surface area contributed by atoms with E-state index in [9.17, 15) is 14.7 Å². The van der Waals surface area contributed by atoms with Crippen molar-refractivity contribution in [2.75, 3.05) is 20.1 Å². The number of H-pyrrole nitrogens is 1. The molecule has 0 spiro atoms. The molecular weight excluding hydrogens is 222 g/mol. The van der Waals surface area contributed by atoms with Crippen molar-refractivity contribution in [2.24, 2.45) is 0 Å². The molecule has 94 valence electrons. The predicted octanol–water partition coefficient (Wildman–Crippen LogP) is -0.319. The number of aromatic hydroxyl groups is 1. The summed E-state index contributed by atoms with van der Waals surface area (Å²) in [6, 6.07) is -0.0605. The average molecular weight is 239 g/mol. The molecule has 1 unspecified atom stereocenters. The first-order valence-electron chi connectivity index (χ1n) is 5.79. The van der Waals surface area contributed by atoms with Crippen molar-refractivity contribution >= 4 is 0 Å². The highest BCUT2D eigenvalue weighted by atomic mass is 16.3. The first-order valence-corrected chi connectivity index (χ1v) is 5.79. The molecule has 1 aromatic rings. The fraction of sp³-hybridized carbons (Fsp3) is 0.636. The maximum absolute atomic E-state index is 11.8. The number of likely N-dealkylation sites (N-methyl/N-ethyl adjacent to an activating group) is 1. The second-order valence-corrected chi connectivity index (χ2v) is 4.49. The molecule has 17 heavy (non-hydrogen) atoms. The lowest BCUT2D eigenvalue weighted by atomic mass is 10.2. The van der Waals surface area contributed by atoms with E-state index in [1.165, 1.54) is 4.57 Å². The Morgan fingerprint density at radius 1 is 1.47 bits per heavy atom. The van der Waals surface area contributed by atoms with Gasteiger partial charge in [0, 0.05) is 6.54 Å². The Morgan fingerprint density at radius 2 is 2.18 bits per heavy atom. The molecule has 0 saturated carbocycles. The number of likely N-dealkylation sites (tertiary alicyclic amines) is 1. The Balaban J connectivity index is 2.54. The minimum absolute atomic E-state index is 0.0605. The summed E-state index contributed by atoms with van der Waals surface area (Å²) >= 11 is 0. The third-order valence-electron chi connectivity index (χ3n) is 3.30. The van der Waals surface area contributed by atoms with Crippen molar-refractivity contribution < 1.29 is 5.11 Å². The standard InChI is InChI=1S/C11H17N3O3/c1-3-8-9(15)12-11(17)14(10(8)16)7-4-5-13(2)6-7/h7,16H,3-6H2,1-2H3,(H,12,15,17). The quantitative estimate of drug-likeness (QED) is 0.741. The van der Waals surface area contributed by atoms with Gasteiger partial charge in [-0.05, 0) is 26.4 Å². The Kier molecular flexibility index (Phi) is 3.06. The van der Waals surface area contributed by atoms with Crippen LogP contribution in [0.1, 0.15) is 24.9 Å². The molecule has 0 radical (unpaired) electrons. The van der Waals surface area contributed by atoms with Gasteiger partial charge in [0.1, 0.15) is 0 Å². The van der Waals surface area contributed by atoms with Crippen molar-refractivity contribution in [2.45, 2.75) is 25.8 Å².